The molecule has 1 aromatic rings. The first-order valence-corrected chi connectivity index (χ1v) is 7.59. The minimum Gasteiger partial charge on any atom is -0.387 e. The average Bonchev–Trinajstić information content (AvgIpc) is 2.78. The first-order chi connectivity index (χ1) is 9.10. The van der Waals surface area contributed by atoms with Crippen molar-refractivity contribution in [2.24, 2.45) is 0 Å². The SMILES string of the molecule is CCCC1(O)CN(Cc2ccn(C(CC)CC)n2)C1. The Morgan fingerprint density at radius 2 is 2.00 bits per heavy atom. The van der Waals surface area contributed by atoms with Gasteiger partial charge in [0.25, 0.3) is 0 Å². The van der Waals surface area contributed by atoms with Gasteiger partial charge in [-0.25, -0.2) is 0 Å². The highest BCUT2D eigenvalue weighted by Crippen LogP contribution is 2.27. The molecule has 0 saturated carbocycles. The van der Waals surface area contributed by atoms with E-state index in [1.54, 1.807) is 0 Å². The molecule has 1 N–H and O–H groups in total. The van der Waals surface area contributed by atoms with E-state index in [-0.39, 0.29) is 0 Å². The Bertz CT molecular complexity index is 392. The highest BCUT2D eigenvalue weighted by atomic mass is 16.3. The fraction of sp³-hybridized carbons (Fsp3) is 0.800. The lowest BCUT2D eigenvalue weighted by molar-refractivity contribution is -0.107. The van der Waals surface area contributed by atoms with Crippen LogP contribution < -0.4 is 0 Å². The summed E-state index contributed by atoms with van der Waals surface area (Å²) in [7, 11) is 0. The zero-order chi connectivity index (χ0) is 13.9. The molecule has 0 aliphatic carbocycles. The summed E-state index contributed by atoms with van der Waals surface area (Å²) in [6.07, 6.45) is 6.29. The summed E-state index contributed by atoms with van der Waals surface area (Å²) in [5.74, 6) is 0. The van der Waals surface area contributed by atoms with E-state index in [0.717, 1.165) is 51.0 Å². The number of nitrogens with zero attached hydrogens (tertiary/aromatic N) is 3. The highest BCUT2D eigenvalue weighted by Gasteiger charge is 2.40. The van der Waals surface area contributed by atoms with Crippen LogP contribution in [0, 0.1) is 0 Å². The largest absolute Gasteiger partial charge is 0.387 e. The van der Waals surface area contributed by atoms with E-state index in [2.05, 4.69) is 47.7 Å². The van der Waals surface area contributed by atoms with Crippen LogP contribution >= 0.6 is 0 Å². The third-order valence-corrected chi connectivity index (χ3v) is 4.12. The summed E-state index contributed by atoms with van der Waals surface area (Å²) in [5.41, 5.74) is 0.678. The number of hydrogen-bond donors (Lipinski definition) is 1. The molecule has 0 bridgehead atoms. The van der Waals surface area contributed by atoms with Gasteiger partial charge in [-0.2, -0.15) is 5.10 Å². The Kier molecular flexibility index (Phi) is 4.63. The second-order valence-corrected chi connectivity index (χ2v) is 5.88. The van der Waals surface area contributed by atoms with E-state index in [1.807, 2.05) is 0 Å². The topological polar surface area (TPSA) is 41.3 Å². The summed E-state index contributed by atoms with van der Waals surface area (Å²) in [6.45, 7) is 8.97. The third kappa shape index (κ3) is 3.37. The molecule has 0 aromatic carbocycles. The van der Waals surface area contributed by atoms with Crippen LogP contribution in [0.2, 0.25) is 0 Å². The molecule has 0 amide bonds. The lowest BCUT2D eigenvalue weighted by Crippen LogP contribution is -2.61. The molecule has 1 aromatic heterocycles. The normalized spacial score (nSPS) is 18.8. The number of likely N-dealkylation sites (tertiary alicyclic amines) is 1. The Morgan fingerprint density at radius 3 is 2.58 bits per heavy atom. The first-order valence-electron chi connectivity index (χ1n) is 7.59. The van der Waals surface area contributed by atoms with Crippen molar-refractivity contribution in [2.75, 3.05) is 13.1 Å². The minimum absolute atomic E-state index is 0.438. The van der Waals surface area contributed by atoms with Crippen LogP contribution in [0.25, 0.3) is 0 Å². The lowest BCUT2D eigenvalue weighted by atomic mass is 9.89. The van der Waals surface area contributed by atoms with Gasteiger partial charge in [0.1, 0.15) is 0 Å². The van der Waals surface area contributed by atoms with E-state index < -0.39 is 5.60 Å². The molecule has 0 radical (unpaired) electrons. The van der Waals surface area contributed by atoms with Crippen molar-refractivity contribution in [1.82, 2.24) is 14.7 Å². The first kappa shape index (κ1) is 14.5. The van der Waals surface area contributed by atoms with Gasteiger partial charge in [-0.3, -0.25) is 9.58 Å². The second kappa shape index (κ2) is 6.06. The number of aromatic nitrogens is 2. The van der Waals surface area contributed by atoms with Crippen molar-refractivity contribution >= 4 is 0 Å². The molecule has 1 aliphatic heterocycles. The minimum atomic E-state index is -0.438. The van der Waals surface area contributed by atoms with Crippen LogP contribution in [0.1, 0.15) is 58.2 Å². The van der Waals surface area contributed by atoms with E-state index in [4.69, 9.17) is 0 Å². The standard InChI is InChI=1S/C15H27N3O/c1-4-8-15(19)11-17(12-15)10-13-7-9-18(16-13)14(5-2)6-3/h7,9,14,19H,4-6,8,10-12H2,1-3H3. The maximum atomic E-state index is 10.2. The third-order valence-electron chi connectivity index (χ3n) is 4.12. The molecular formula is C15H27N3O. The fourth-order valence-electron chi connectivity index (χ4n) is 3.08. The Labute approximate surface area is 116 Å². The maximum absolute atomic E-state index is 10.2. The van der Waals surface area contributed by atoms with Crippen molar-refractivity contribution < 1.29 is 5.11 Å². The van der Waals surface area contributed by atoms with Crippen molar-refractivity contribution in [3.05, 3.63) is 18.0 Å². The van der Waals surface area contributed by atoms with Crippen LogP contribution in [0.15, 0.2) is 12.3 Å². The zero-order valence-electron chi connectivity index (χ0n) is 12.5. The van der Waals surface area contributed by atoms with Crippen molar-refractivity contribution in [3.8, 4) is 0 Å². The van der Waals surface area contributed by atoms with Gasteiger partial charge in [-0.15, -0.1) is 0 Å². The summed E-state index contributed by atoms with van der Waals surface area (Å²) in [5, 5.41) is 14.8. The van der Waals surface area contributed by atoms with Crippen molar-refractivity contribution in [1.29, 1.82) is 0 Å². The molecule has 1 aliphatic rings. The van der Waals surface area contributed by atoms with E-state index >= 15 is 0 Å². The Balaban J connectivity index is 1.85. The highest BCUT2D eigenvalue weighted by molar-refractivity contribution is 5.04. The molecular weight excluding hydrogens is 238 g/mol. The molecule has 0 atom stereocenters. The summed E-state index contributed by atoms with van der Waals surface area (Å²) >= 11 is 0. The molecule has 0 unspecified atom stereocenters. The molecule has 2 heterocycles. The molecule has 1 fully saturated rings. The van der Waals surface area contributed by atoms with Gasteiger partial charge in [0, 0.05) is 25.8 Å². The fourth-order valence-corrected chi connectivity index (χ4v) is 3.08. The van der Waals surface area contributed by atoms with Crippen LogP contribution in [-0.4, -0.2) is 38.5 Å². The monoisotopic (exact) mass is 265 g/mol. The molecule has 108 valence electrons. The summed E-state index contributed by atoms with van der Waals surface area (Å²) < 4.78 is 2.09. The summed E-state index contributed by atoms with van der Waals surface area (Å²) in [4.78, 5) is 2.27. The molecule has 0 spiro atoms. The molecule has 19 heavy (non-hydrogen) atoms. The number of rotatable bonds is 7. The molecule has 4 heteroatoms. The van der Waals surface area contributed by atoms with Gasteiger partial charge in [0.15, 0.2) is 0 Å². The van der Waals surface area contributed by atoms with Crippen molar-refractivity contribution in [3.63, 3.8) is 0 Å². The molecule has 2 rings (SSSR count). The number of hydrogen-bond acceptors (Lipinski definition) is 3. The predicted molar refractivity (Wildman–Crippen MR) is 77.0 cm³/mol. The van der Waals surface area contributed by atoms with Gasteiger partial charge >= 0.3 is 0 Å². The Hall–Kier alpha value is -0.870. The van der Waals surface area contributed by atoms with E-state index in [0.29, 0.717) is 6.04 Å². The quantitative estimate of drug-likeness (QED) is 0.824. The van der Waals surface area contributed by atoms with Crippen LogP contribution in [-0.2, 0) is 6.54 Å². The summed E-state index contributed by atoms with van der Waals surface area (Å²) in [6, 6.07) is 2.62. The van der Waals surface area contributed by atoms with E-state index in [1.165, 1.54) is 0 Å². The van der Waals surface area contributed by atoms with Gasteiger partial charge in [-0.1, -0.05) is 27.2 Å². The molecule has 1 saturated heterocycles. The Morgan fingerprint density at radius 1 is 1.32 bits per heavy atom. The lowest BCUT2D eigenvalue weighted by Gasteiger charge is -2.46. The number of aliphatic hydroxyl groups is 1. The van der Waals surface area contributed by atoms with E-state index in [9.17, 15) is 5.11 Å². The van der Waals surface area contributed by atoms with Gasteiger partial charge in [-0.05, 0) is 25.3 Å². The van der Waals surface area contributed by atoms with Gasteiger partial charge < -0.3 is 5.11 Å². The van der Waals surface area contributed by atoms with Gasteiger partial charge in [0.2, 0.25) is 0 Å². The second-order valence-electron chi connectivity index (χ2n) is 5.88. The number of β-amino-alcohol motifs (C(OH)–C–C–N with tert-alkyl or cyclic N) is 1. The average molecular weight is 265 g/mol. The van der Waals surface area contributed by atoms with Crippen LogP contribution in [0.4, 0.5) is 0 Å². The molecule has 4 nitrogen and oxygen atoms in total. The van der Waals surface area contributed by atoms with Gasteiger partial charge in [0.05, 0.1) is 17.3 Å². The maximum Gasteiger partial charge on any atom is 0.0900 e. The van der Waals surface area contributed by atoms with Crippen LogP contribution in [0.3, 0.4) is 0 Å². The predicted octanol–water partition coefficient (Wildman–Crippen LogP) is 2.59. The van der Waals surface area contributed by atoms with Crippen molar-refractivity contribution in [2.45, 2.75) is 64.6 Å². The zero-order valence-corrected chi connectivity index (χ0v) is 12.5. The van der Waals surface area contributed by atoms with Crippen LogP contribution in [0.5, 0.6) is 0 Å². The smallest absolute Gasteiger partial charge is 0.0900 e.